The number of aliphatic carboxylic acids is 1. The number of rotatable bonds is 10. The van der Waals surface area contributed by atoms with Crippen molar-refractivity contribution < 1.29 is 24.2 Å². The monoisotopic (exact) mass is 638 g/mol. The van der Waals surface area contributed by atoms with E-state index in [4.69, 9.17) is 4.74 Å². The SMILES string of the molecule is C=C(C)[C@@H]1CC[C@]2(CCC(=O)CCC)CC[C@]3(C)[C@H](CC[C@@H]4[C@@]5(C)CC[C@H](OC(=O)CC(C)(C)C(=O)O)C(C)(C)[C@@H]5CC[C@]43C)[C@@H]12. The van der Waals surface area contributed by atoms with E-state index in [9.17, 15) is 19.5 Å². The number of carboxylic acids is 1. The molecule has 5 aliphatic carbocycles. The number of hydrogen-bond acceptors (Lipinski definition) is 4. The van der Waals surface area contributed by atoms with Gasteiger partial charge in [-0.25, -0.2) is 0 Å². The lowest BCUT2D eigenvalue weighted by Crippen LogP contribution is -2.66. The largest absolute Gasteiger partial charge is 0.481 e. The third-order valence-electron chi connectivity index (χ3n) is 16.0. The lowest BCUT2D eigenvalue weighted by Gasteiger charge is -2.73. The molecule has 5 saturated carbocycles. The third-order valence-corrected chi connectivity index (χ3v) is 16.0. The lowest BCUT2D eigenvalue weighted by molar-refractivity contribution is -0.250. The topological polar surface area (TPSA) is 80.7 Å². The van der Waals surface area contributed by atoms with E-state index >= 15 is 0 Å². The van der Waals surface area contributed by atoms with Crippen LogP contribution in [-0.4, -0.2) is 28.9 Å². The normalized spacial score (nSPS) is 43.0. The van der Waals surface area contributed by atoms with Gasteiger partial charge in [0.2, 0.25) is 0 Å². The first-order valence-electron chi connectivity index (χ1n) is 18.9. The zero-order chi connectivity index (χ0) is 34.1. The molecule has 5 fully saturated rings. The first-order valence-corrected chi connectivity index (χ1v) is 18.9. The predicted molar refractivity (Wildman–Crippen MR) is 184 cm³/mol. The Morgan fingerprint density at radius 2 is 1.54 bits per heavy atom. The Balaban J connectivity index is 1.40. The molecule has 5 heteroatoms. The minimum atomic E-state index is -1.13. The molecule has 5 aliphatic rings. The zero-order valence-corrected chi connectivity index (χ0v) is 30.9. The Bertz CT molecular complexity index is 1230. The summed E-state index contributed by atoms with van der Waals surface area (Å²) in [6.45, 7) is 24.7. The summed E-state index contributed by atoms with van der Waals surface area (Å²) in [7, 11) is 0. The van der Waals surface area contributed by atoms with Gasteiger partial charge in [0.15, 0.2) is 0 Å². The van der Waals surface area contributed by atoms with Gasteiger partial charge < -0.3 is 9.84 Å². The van der Waals surface area contributed by atoms with E-state index in [2.05, 4.69) is 55.0 Å². The molecule has 0 unspecified atom stereocenters. The molecule has 0 saturated heterocycles. The van der Waals surface area contributed by atoms with Crippen LogP contribution in [0.3, 0.4) is 0 Å². The van der Waals surface area contributed by atoms with Gasteiger partial charge in [0, 0.05) is 18.3 Å². The maximum absolute atomic E-state index is 13.0. The number of ketones is 1. The smallest absolute Gasteiger partial charge is 0.309 e. The molecule has 0 spiro atoms. The highest BCUT2D eigenvalue weighted by atomic mass is 16.5. The Morgan fingerprint density at radius 1 is 0.848 bits per heavy atom. The minimum Gasteiger partial charge on any atom is -0.481 e. The highest BCUT2D eigenvalue weighted by Gasteiger charge is 2.71. The van der Waals surface area contributed by atoms with Gasteiger partial charge in [-0.3, -0.25) is 14.4 Å². The van der Waals surface area contributed by atoms with Gasteiger partial charge in [-0.15, -0.1) is 0 Å². The first-order chi connectivity index (χ1) is 21.3. The van der Waals surface area contributed by atoms with Gasteiger partial charge in [-0.1, -0.05) is 53.7 Å². The van der Waals surface area contributed by atoms with E-state index in [1.807, 2.05) is 0 Å². The maximum Gasteiger partial charge on any atom is 0.309 e. The van der Waals surface area contributed by atoms with Crippen molar-refractivity contribution in [3.05, 3.63) is 12.2 Å². The summed E-state index contributed by atoms with van der Waals surface area (Å²) in [5.41, 5.74) is 1.05. The zero-order valence-electron chi connectivity index (χ0n) is 30.9. The molecule has 0 amide bonds. The average Bonchev–Trinajstić information content (AvgIpc) is 3.34. The molecule has 260 valence electrons. The van der Waals surface area contributed by atoms with Crippen molar-refractivity contribution >= 4 is 17.7 Å². The standard InChI is InChI=1S/C41H66O5/c1-11-12-27(42)15-21-41-22-16-28(26(2)3)34(41)29-13-14-31-38(8)19-18-32(46-33(43)25-36(4,5)35(44)45)37(6,7)30(38)17-20-40(31,10)39(29,9)23-24-41/h28-32,34H,2,11-25H2,1,3-10H3,(H,44,45)/t28-,29+,30-,31+,32-,34+,38-,39+,40+,41+/m0/s1. The van der Waals surface area contributed by atoms with Crippen LogP contribution < -0.4 is 0 Å². The fraction of sp³-hybridized carbons (Fsp3) is 0.878. The van der Waals surface area contributed by atoms with Crippen molar-refractivity contribution in [2.24, 2.45) is 62.1 Å². The minimum absolute atomic E-state index is 0.0993. The first kappa shape index (κ1) is 35.7. The second kappa shape index (κ2) is 12.0. The van der Waals surface area contributed by atoms with Crippen molar-refractivity contribution in [3.63, 3.8) is 0 Å². The Kier molecular flexibility index (Phi) is 9.33. The molecule has 5 nitrogen and oxygen atoms in total. The van der Waals surface area contributed by atoms with E-state index < -0.39 is 11.4 Å². The van der Waals surface area contributed by atoms with E-state index in [-0.39, 0.29) is 40.2 Å². The van der Waals surface area contributed by atoms with Crippen molar-refractivity contribution in [1.82, 2.24) is 0 Å². The second-order valence-corrected chi connectivity index (χ2v) is 19.0. The number of Topliss-reactive ketones (excluding diaryl/α,β-unsaturated/α-hetero) is 1. The number of carboxylic acid groups (broad SMARTS) is 1. The van der Waals surface area contributed by atoms with Crippen LogP contribution in [-0.2, 0) is 19.1 Å². The van der Waals surface area contributed by atoms with Crippen LogP contribution in [0.15, 0.2) is 12.2 Å². The molecule has 1 N–H and O–H groups in total. The van der Waals surface area contributed by atoms with Crippen molar-refractivity contribution in [2.45, 2.75) is 165 Å². The van der Waals surface area contributed by atoms with Crippen LogP contribution in [0, 0.1) is 62.1 Å². The van der Waals surface area contributed by atoms with Crippen LogP contribution in [0.5, 0.6) is 0 Å². The van der Waals surface area contributed by atoms with Crippen molar-refractivity contribution in [1.29, 1.82) is 0 Å². The van der Waals surface area contributed by atoms with Gasteiger partial charge in [-0.05, 0) is 149 Å². The van der Waals surface area contributed by atoms with Gasteiger partial charge in [0.05, 0.1) is 11.8 Å². The van der Waals surface area contributed by atoms with E-state index in [0.29, 0.717) is 40.8 Å². The Labute approximate surface area is 280 Å². The molecular formula is C41H66O5. The molecule has 5 rings (SSSR count). The van der Waals surface area contributed by atoms with Crippen LogP contribution >= 0.6 is 0 Å². The predicted octanol–water partition coefficient (Wildman–Crippen LogP) is 10.2. The fourth-order valence-corrected chi connectivity index (χ4v) is 13.3. The lowest BCUT2D eigenvalue weighted by atomic mass is 9.32. The molecule has 0 bridgehead atoms. The Morgan fingerprint density at radius 3 is 2.17 bits per heavy atom. The number of carbonyl (C=O) groups is 3. The number of ether oxygens (including phenoxy) is 1. The van der Waals surface area contributed by atoms with Crippen LogP contribution in [0.25, 0.3) is 0 Å². The highest BCUT2D eigenvalue weighted by molar-refractivity contribution is 5.81. The molecule has 0 radical (unpaired) electrons. The molecule has 0 aromatic carbocycles. The molecule has 46 heavy (non-hydrogen) atoms. The summed E-state index contributed by atoms with van der Waals surface area (Å²) in [5, 5.41) is 9.57. The summed E-state index contributed by atoms with van der Waals surface area (Å²) < 4.78 is 6.17. The average molecular weight is 639 g/mol. The number of esters is 1. The maximum atomic E-state index is 13.0. The van der Waals surface area contributed by atoms with Crippen molar-refractivity contribution in [3.8, 4) is 0 Å². The number of carbonyl (C=O) groups excluding carboxylic acids is 2. The fourth-order valence-electron chi connectivity index (χ4n) is 13.3. The summed E-state index contributed by atoms with van der Waals surface area (Å²) in [6, 6.07) is 0. The Hall–Kier alpha value is -1.65. The van der Waals surface area contributed by atoms with Crippen LogP contribution in [0.2, 0.25) is 0 Å². The van der Waals surface area contributed by atoms with Gasteiger partial charge >= 0.3 is 11.9 Å². The van der Waals surface area contributed by atoms with Crippen molar-refractivity contribution in [2.75, 3.05) is 0 Å². The molecular weight excluding hydrogens is 572 g/mol. The van der Waals surface area contributed by atoms with Crippen LogP contribution in [0.4, 0.5) is 0 Å². The molecule has 0 aliphatic heterocycles. The molecule has 0 aromatic rings. The summed E-state index contributed by atoms with van der Waals surface area (Å²) in [5.74, 6) is 2.09. The highest BCUT2D eigenvalue weighted by Crippen LogP contribution is 2.78. The van der Waals surface area contributed by atoms with E-state index in [0.717, 1.165) is 44.9 Å². The summed E-state index contributed by atoms with van der Waals surface area (Å²) in [6.07, 6.45) is 15.1. The van der Waals surface area contributed by atoms with Gasteiger partial charge in [0.25, 0.3) is 0 Å². The number of allylic oxidation sites excluding steroid dienone is 1. The second-order valence-electron chi connectivity index (χ2n) is 19.0. The van der Waals surface area contributed by atoms with Gasteiger partial charge in [-0.2, -0.15) is 0 Å². The quantitative estimate of drug-likeness (QED) is 0.190. The summed E-state index contributed by atoms with van der Waals surface area (Å²) >= 11 is 0. The molecule has 0 aromatic heterocycles. The number of fused-ring (bicyclic) bond motifs is 7. The number of hydrogen-bond donors (Lipinski definition) is 1. The summed E-state index contributed by atoms with van der Waals surface area (Å²) in [4.78, 5) is 37.5. The third kappa shape index (κ3) is 5.44. The van der Waals surface area contributed by atoms with Gasteiger partial charge in [0.1, 0.15) is 11.9 Å². The molecule has 0 heterocycles. The van der Waals surface area contributed by atoms with E-state index in [1.54, 1.807) is 13.8 Å². The van der Waals surface area contributed by atoms with E-state index in [1.165, 1.54) is 50.5 Å². The van der Waals surface area contributed by atoms with Crippen LogP contribution in [0.1, 0.15) is 159 Å². The molecule has 10 atom stereocenters.